The third-order valence-electron chi connectivity index (χ3n) is 14.5. The van der Waals surface area contributed by atoms with Gasteiger partial charge < -0.3 is 45.1 Å². The lowest BCUT2D eigenvalue weighted by Gasteiger charge is -2.41. The Balaban J connectivity index is 2.67. The van der Waals surface area contributed by atoms with Gasteiger partial charge in [-0.15, -0.1) is 0 Å². The van der Waals surface area contributed by atoms with Crippen molar-refractivity contribution in [3.05, 3.63) is 85.1 Å². The van der Waals surface area contributed by atoms with Crippen molar-refractivity contribution in [2.24, 2.45) is 0 Å². The number of allylic oxidation sites excluding steroid dienone is 13. The summed E-state index contributed by atoms with van der Waals surface area (Å²) in [5.41, 5.74) is 0. The number of nitrogens with one attached hydrogen (secondary N) is 1. The molecular formula is C66H115NO10. The van der Waals surface area contributed by atoms with Gasteiger partial charge >= 0.3 is 5.97 Å². The van der Waals surface area contributed by atoms with E-state index in [4.69, 9.17) is 14.2 Å². The molecule has 0 bridgehead atoms. The van der Waals surface area contributed by atoms with Crippen LogP contribution in [0.3, 0.4) is 0 Å². The summed E-state index contributed by atoms with van der Waals surface area (Å²) in [5, 5.41) is 57.0. The molecule has 444 valence electrons. The molecule has 0 radical (unpaired) electrons. The highest BCUT2D eigenvalue weighted by Gasteiger charge is 2.47. The predicted octanol–water partition coefficient (Wildman–Crippen LogP) is 14.9. The summed E-state index contributed by atoms with van der Waals surface area (Å²) in [6.07, 6.45) is 59.1. The van der Waals surface area contributed by atoms with Crippen molar-refractivity contribution in [2.45, 2.75) is 307 Å². The van der Waals surface area contributed by atoms with Gasteiger partial charge in [0.25, 0.3) is 0 Å². The van der Waals surface area contributed by atoms with Gasteiger partial charge in [0.05, 0.1) is 25.4 Å². The SMILES string of the molecule is CC\C=C/C=C/C=C/C=C\C=C\C=C\CCCCCC(=O)OC1C(OCC(NC(=O)C(O)CCCCCCCCCCCCCCCCCCCCCC)C(O)/C=C/CCCCCCCCCCC)OC(CO)C(O)C1O. The Morgan fingerprint density at radius 1 is 0.519 bits per heavy atom. The van der Waals surface area contributed by atoms with E-state index in [1.54, 1.807) is 6.08 Å². The number of hydrogen-bond acceptors (Lipinski definition) is 10. The van der Waals surface area contributed by atoms with Crippen molar-refractivity contribution in [3.63, 3.8) is 0 Å². The Morgan fingerprint density at radius 3 is 1.40 bits per heavy atom. The molecule has 0 saturated carbocycles. The molecule has 0 aromatic heterocycles. The molecule has 1 fully saturated rings. The van der Waals surface area contributed by atoms with Crippen molar-refractivity contribution < 1.29 is 49.3 Å². The minimum atomic E-state index is -1.64. The highest BCUT2D eigenvalue weighted by molar-refractivity contribution is 5.80. The maximum atomic E-state index is 13.4. The first kappa shape index (κ1) is 71.9. The van der Waals surface area contributed by atoms with Crippen LogP contribution in [0.2, 0.25) is 0 Å². The molecule has 77 heavy (non-hydrogen) atoms. The number of carbonyl (C=O) groups excluding carboxylic acids is 2. The molecular weight excluding hydrogens is 967 g/mol. The number of unbranched alkanes of at least 4 members (excludes halogenated alkanes) is 31. The lowest BCUT2D eigenvalue weighted by Crippen LogP contribution is -2.61. The molecule has 1 aliphatic rings. The number of amides is 1. The van der Waals surface area contributed by atoms with Gasteiger partial charge in [0.2, 0.25) is 5.91 Å². The average Bonchev–Trinajstić information content (AvgIpc) is 3.43. The summed E-state index contributed by atoms with van der Waals surface area (Å²) in [7, 11) is 0. The van der Waals surface area contributed by atoms with E-state index in [0.29, 0.717) is 12.8 Å². The fourth-order valence-corrected chi connectivity index (χ4v) is 9.51. The van der Waals surface area contributed by atoms with E-state index in [-0.39, 0.29) is 19.4 Å². The molecule has 11 heteroatoms. The Kier molecular flexibility index (Phi) is 49.9. The first-order valence-electron chi connectivity index (χ1n) is 31.4. The van der Waals surface area contributed by atoms with E-state index >= 15 is 0 Å². The molecule has 1 amide bonds. The number of hydrogen-bond donors (Lipinski definition) is 6. The van der Waals surface area contributed by atoms with Crippen LogP contribution < -0.4 is 5.32 Å². The normalized spacial score (nSPS) is 19.6. The molecule has 8 unspecified atom stereocenters. The molecule has 0 aliphatic carbocycles. The molecule has 8 atom stereocenters. The standard InChI is InChI=1S/C66H115NO10/c1-4-7-10-13-16-19-22-24-26-28-29-30-32-33-35-38-41-44-47-50-53-59(70)65(74)67-57(58(69)52-49-46-43-40-37-21-18-15-12-9-6-3)56-75-66-64(63(73)62(72)60(55-68)76-66)77-61(71)54-51-48-45-42-39-36-34-31-27-25-23-20-17-14-11-8-5-2/h8,11,14,17,20,23,25,27,31,34,36,39,49,52,57-60,62-64,66,68-70,72-73H,4-7,9-10,12-13,15-16,18-19,21-22,24,26,28-30,32-33,35,37-38,40-48,50-51,53-56H2,1-3H3,(H,67,74)/b11-8-,17-14+,23-20+,27-25-,34-31+,39-36+,52-49+. The van der Waals surface area contributed by atoms with Crippen molar-refractivity contribution in [2.75, 3.05) is 13.2 Å². The van der Waals surface area contributed by atoms with Crippen molar-refractivity contribution in [1.29, 1.82) is 0 Å². The molecule has 0 aromatic rings. The second-order valence-corrected chi connectivity index (χ2v) is 21.6. The van der Waals surface area contributed by atoms with Gasteiger partial charge in [-0.3, -0.25) is 9.59 Å². The number of carbonyl (C=O) groups is 2. The molecule has 1 saturated heterocycles. The summed E-state index contributed by atoms with van der Waals surface area (Å²) >= 11 is 0. The smallest absolute Gasteiger partial charge is 0.306 e. The minimum absolute atomic E-state index is 0.0695. The summed E-state index contributed by atoms with van der Waals surface area (Å²) in [5.74, 6) is -1.24. The van der Waals surface area contributed by atoms with Gasteiger partial charge in [0, 0.05) is 6.42 Å². The van der Waals surface area contributed by atoms with E-state index < -0.39 is 67.4 Å². The summed E-state index contributed by atoms with van der Waals surface area (Å²) in [4.78, 5) is 26.5. The minimum Gasteiger partial charge on any atom is -0.454 e. The number of aliphatic hydroxyl groups excluding tert-OH is 5. The average molecular weight is 1080 g/mol. The number of ether oxygens (including phenoxy) is 3. The van der Waals surface area contributed by atoms with Gasteiger partial charge in [-0.2, -0.15) is 0 Å². The third-order valence-corrected chi connectivity index (χ3v) is 14.5. The van der Waals surface area contributed by atoms with Crippen LogP contribution in [0.4, 0.5) is 0 Å². The fraction of sp³-hybridized carbons (Fsp3) is 0.758. The Hall–Kier alpha value is -3.16. The van der Waals surface area contributed by atoms with Crippen LogP contribution in [0.1, 0.15) is 258 Å². The van der Waals surface area contributed by atoms with Crippen LogP contribution in [-0.2, 0) is 23.8 Å². The molecule has 11 nitrogen and oxygen atoms in total. The molecule has 1 aliphatic heterocycles. The maximum Gasteiger partial charge on any atom is 0.306 e. The predicted molar refractivity (Wildman–Crippen MR) is 319 cm³/mol. The van der Waals surface area contributed by atoms with Crippen LogP contribution >= 0.6 is 0 Å². The van der Waals surface area contributed by atoms with Gasteiger partial charge in [-0.1, -0.05) is 292 Å². The maximum absolute atomic E-state index is 13.4. The number of aliphatic hydroxyl groups is 5. The quantitative estimate of drug-likeness (QED) is 0.0149. The Morgan fingerprint density at radius 2 is 0.935 bits per heavy atom. The van der Waals surface area contributed by atoms with Gasteiger partial charge in [-0.25, -0.2) is 0 Å². The summed E-state index contributed by atoms with van der Waals surface area (Å²) in [6, 6.07) is -1.04. The van der Waals surface area contributed by atoms with Crippen LogP contribution in [0.25, 0.3) is 0 Å². The number of rotatable bonds is 52. The zero-order chi connectivity index (χ0) is 56.1. The second kappa shape index (κ2) is 53.5. The summed E-state index contributed by atoms with van der Waals surface area (Å²) in [6.45, 7) is 5.62. The van der Waals surface area contributed by atoms with Crippen LogP contribution in [0, 0.1) is 0 Å². The van der Waals surface area contributed by atoms with Crippen molar-refractivity contribution in [1.82, 2.24) is 5.32 Å². The van der Waals surface area contributed by atoms with Gasteiger partial charge in [-0.05, 0) is 44.9 Å². The van der Waals surface area contributed by atoms with E-state index in [1.165, 1.54) is 148 Å². The highest BCUT2D eigenvalue weighted by atomic mass is 16.7. The summed E-state index contributed by atoms with van der Waals surface area (Å²) < 4.78 is 17.6. The molecule has 1 heterocycles. The number of esters is 1. The lowest BCUT2D eigenvalue weighted by atomic mass is 9.99. The zero-order valence-electron chi connectivity index (χ0n) is 49.1. The zero-order valence-corrected chi connectivity index (χ0v) is 49.1. The van der Waals surface area contributed by atoms with E-state index in [2.05, 4.69) is 38.2 Å². The first-order valence-corrected chi connectivity index (χ1v) is 31.4. The van der Waals surface area contributed by atoms with Crippen molar-refractivity contribution >= 4 is 11.9 Å². The fourth-order valence-electron chi connectivity index (χ4n) is 9.51. The molecule has 0 aromatic carbocycles. The van der Waals surface area contributed by atoms with E-state index in [1.807, 2.05) is 66.8 Å². The highest BCUT2D eigenvalue weighted by Crippen LogP contribution is 2.26. The monoisotopic (exact) mass is 1080 g/mol. The third kappa shape index (κ3) is 41.5. The largest absolute Gasteiger partial charge is 0.454 e. The van der Waals surface area contributed by atoms with Gasteiger partial charge in [0.15, 0.2) is 12.4 Å². The lowest BCUT2D eigenvalue weighted by molar-refractivity contribution is -0.305. The molecule has 0 spiro atoms. The van der Waals surface area contributed by atoms with E-state index in [9.17, 15) is 35.1 Å². The van der Waals surface area contributed by atoms with Crippen LogP contribution in [0.15, 0.2) is 85.1 Å². The van der Waals surface area contributed by atoms with E-state index in [0.717, 1.165) is 64.2 Å². The topological polar surface area (TPSA) is 175 Å². The Bertz CT molecular complexity index is 1570. The second-order valence-electron chi connectivity index (χ2n) is 21.6. The van der Waals surface area contributed by atoms with Gasteiger partial charge in [0.1, 0.15) is 24.4 Å². The van der Waals surface area contributed by atoms with Crippen LogP contribution in [-0.4, -0.2) is 99.6 Å². The molecule has 1 rings (SSSR count). The Labute approximate surface area is 470 Å². The molecule has 6 N–H and O–H groups in total. The van der Waals surface area contributed by atoms with Crippen LogP contribution in [0.5, 0.6) is 0 Å². The first-order chi connectivity index (χ1) is 37.7. The van der Waals surface area contributed by atoms with Crippen molar-refractivity contribution in [3.8, 4) is 0 Å².